The van der Waals surface area contributed by atoms with Crippen molar-refractivity contribution in [2.24, 2.45) is 17.6 Å². The number of fused-ring (bicyclic) bond motifs is 4. The molecule has 3 fully saturated rings. The number of esters is 1. The van der Waals surface area contributed by atoms with Gasteiger partial charge in [-0.2, -0.15) is 11.8 Å². The molecule has 3 aliphatic carbocycles. The first-order chi connectivity index (χ1) is 20.9. The highest BCUT2D eigenvalue weighted by molar-refractivity contribution is 8.00. The van der Waals surface area contributed by atoms with Crippen molar-refractivity contribution < 1.29 is 53.9 Å². The summed E-state index contributed by atoms with van der Waals surface area (Å²) in [6.45, 7) is 0. The number of rotatable bonds is 7. The number of primary amides is 1. The first-order valence-corrected chi connectivity index (χ1v) is 15.1. The summed E-state index contributed by atoms with van der Waals surface area (Å²) in [7, 11) is 0. The minimum absolute atomic E-state index is 0.00992. The molecule has 3 unspecified atom stereocenters. The Morgan fingerprint density at radius 3 is 2.57 bits per heavy atom. The summed E-state index contributed by atoms with van der Waals surface area (Å²) < 4.78 is 5.70. The van der Waals surface area contributed by atoms with Gasteiger partial charge in [0.05, 0.1) is 29.1 Å². The molecule has 8 N–H and O–H groups in total. The molecule has 14 nitrogen and oxygen atoms in total. The van der Waals surface area contributed by atoms with E-state index in [1.165, 1.54) is 12.1 Å². The van der Waals surface area contributed by atoms with Crippen LogP contribution in [-0.2, 0) is 23.9 Å². The van der Waals surface area contributed by atoms with E-state index in [0.717, 1.165) is 11.8 Å². The lowest BCUT2D eigenvalue weighted by atomic mass is 9.57. The molecule has 2 saturated heterocycles. The molecule has 6 rings (SSSR count). The number of nitrogens with one attached hydrogen (secondary N) is 2. The smallest absolute Gasteiger partial charge is 0.315 e. The fraction of sp³-hybridized carbons (Fsp3) is 0.448. The maximum absolute atomic E-state index is 13.8. The Labute approximate surface area is 253 Å². The number of nitrogens with two attached hydrogens (primary N) is 1. The van der Waals surface area contributed by atoms with Crippen LogP contribution in [0, 0.1) is 11.8 Å². The summed E-state index contributed by atoms with van der Waals surface area (Å²) in [5.41, 5.74) is -0.155. The van der Waals surface area contributed by atoms with Gasteiger partial charge in [-0.3, -0.25) is 24.0 Å². The van der Waals surface area contributed by atoms with E-state index in [2.05, 4.69) is 10.6 Å². The fourth-order valence-electron chi connectivity index (χ4n) is 7.03. The monoisotopic (exact) mass is 627 g/mol. The molecule has 1 aromatic rings. The van der Waals surface area contributed by atoms with Gasteiger partial charge < -0.3 is 41.5 Å². The molecular formula is C29H29N3O11S. The molecule has 2 heterocycles. The number of benzene rings is 1. The van der Waals surface area contributed by atoms with Gasteiger partial charge in [0, 0.05) is 35.3 Å². The van der Waals surface area contributed by atoms with Gasteiger partial charge in [-0.15, -0.1) is 0 Å². The average Bonchev–Trinajstić information content (AvgIpc) is 3.51. The molecule has 1 saturated carbocycles. The molecule has 5 aliphatic rings. The van der Waals surface area contributed by atoms with E-state index >= 15 is 0 Å². The molecule has 15 heteroatoms. The Morgan fingerprint density at radius 2 is 1.84 bits per heavy atom. The number of aliphatic hydroxyl groups excluding tert-OH is 2. The van der Waals surface area contributed by atoms with Gasteiger partial charge in [0.1, 0.15) is 28.9 Å². The molecule has 2 aliphatic heterocycles. The third-order valence-corrected chi connectivity index (χ3v) is 10.6. The highest BCUT2D eigenvalue weighted by atomic mass is 32.2. The van der Waals surface area contributed by atoms with Crippen LogP contribution in [0.1, 0.15) is 48.0 Å². The number of amides is 3. The first-order valence-electron chi connectivity index (χ1n) is 14.1. The summed E-state index contributed by atoms with van der Waals surface area (Å²) in [5.74, 6) is -10.9. The normalized spacial score (nSPS) is 32.4. The van der Waals surface area contributed by atoms with Crippen molar-refractivity contribution >= 4 is 52.8 Å². The maximum atomic E-state index is 13.8. The van der Waals surface area contributed by atoms with Crippen LogP contribution in [0.15, 0.2) is 35.1 Å². The third-order valence-electron chi connectivity index (χ3n) is 9.10. The van der Waals surface area contributed by atoms with Crippen molar-refractivity contribution in [1.29, 1.82) is 0 Å². The van der Waals surface area contributed by atoms with Crippen LogP contribution in [0.3, 0.4) is 0 Å². The number of carbonyl (C=O) groups is 6. The molecule has 0 radical (unpaired) electrons. The highest BCUT2D eigenvalue weighted by Crippen LogP contribution is 2.53. The fourth-order valence-corrected chi connectivity index (χ4v) is 8.57. The maximum Gasteiger partial charge on any atom is 0.315 e. The predicted molar refractivity (Wildman–Crippen MR) is 151 cm³/mol. The quantitative estimate of drug-likeness (QED) is 0.0935. The van der Waals surface area contributed by atoms with Crippen LogP contribution >= 0.6 is 11.8 Å². The molecule has 44 heavy (non-hydrogen) atoms. The van der Waals surface area contributed by atoms with Gasteiger partial charge in [-0.05, 0) is 18.9 Å². The number of phenolic OH excluding ortho intramolecular Hbond substituents is 1. The van der Waals surface area contributed by atoms with Crippen LogP contribution in [-0.4, -0.2) is 90.5 Å². The number of ketones is 3. The van der Waals surface area contributed by atoms with Crippen molar-refractivity contribution in [3.63, 3.8) is 0 Å². The van der Waals surface area contributed by atoms with Crippen LogP contribution < -0.4 is 16.4 Å². The van der Waals surface area contributed by atoms with Crippen LogP contribution in [0.5, 0.6) is 5.75 Å². The number of carbonyl (C=O) groups excluding carboxylic acids is 6. The minimum Gasteiger partial charge on any atom is -0.508 e. The topological polar surface area (TPSA) is 243 Å². The number of thioether (sulfide) groups is 1. The number of unbranched alkanes of at least 4 members (excludes halogenated alkanes) is 1. The lowest BCUT2D eigenvalue weighted by molar-refractivity contribution is -0.175. The van der Waals surface area contributed by atoms with E-state index in [9.17, 15) is 49.2 Å². The van der Waals surface area contributed by atoms with Crippen molar-refractivity contribution in [3.8, 4) is 5.75 Å². The summed E-state index contributed by atoms with van der Waals surface area (Å²) in [4.78, 5) is 77.2. The summed E-state index contributed by atoms with van der Waals surface area (Å²) in [6, 6.07) is 3.62. The minimum atomic E-state index is -3.05. The standard InChI is InChI=1S/C29H29N3O11S/c30-27(40)18-14(34)8-11-24(43-16(35)7-2-1-6-15-21-12(9-44-15)31-28(41)32-21)19-20(26(39)29(11,42)25(18)38)23(37)17-10(22(19)36)4-3-5-13(17)33/h3-5,11-12,15,19,21,24,33,37-38,42H,1-2,6-9H2,(H2,30,40)(H2,31,32,41)/t11-,12?,15?,19+,21?,24-,29-/m1/s1. The summed E-state index contributed by atoms with van der Waals surface area (Å²) in [6.07, 6.45) is -1.00. The molecule has 3 amide bonds. The third kappa shape index (κ3) is 4.36. The lowest BCUT2D eigenvalue weighted by Gasteiger charge is -2.49. The number of aliphatic hydroxyl groups is 3. The number of ether oxygens (including phenoxy) is 1. The number of hydrogen-bond donors (Lipinski definition) is 7. The second-order valence-corrected chi connectivity index (χ2v) is 12.8. The van der Waals surface area contributed by atoms with Gasteiger partial charge in [-0.25, -0.2) is 4.79 Å². The molecule has 0 aromatic heterocycles. The zero-order valence-corrected chi connectivity index (χ0v) is 23.9. The Bertz CT molecular complexity index is 1600. The second kappa shape index (κ2) is 10.7. The number of aromatic hydroxyl groups is 1. The molecule has 7 atom stereocenters. The van der Waals surface area contributed by atoms with Gasteiger partial charge in [0.2, 0.25) is 5.78 Å². The van der Waals surface area contributed by atoms with Crippen molar-refractivity contribution in [2.45, 2.75) is 61.1 Å². The molecule has 0 bridgehead atoms. The van der Waals surface area contributed by atoms with Crippen molar-refractivity contribution in [3.05, 3.63) is 46.2 Å². The van der Waals surface area contributed by atoms with Crippen LogP contribution in [0.4, 0.5) is 4.79 Å². The SMILES string of the molecule is NC(=O)C1=C(O)[C@@]2(O)C(=O)C3=C(O)c4c(O)cccc4C(=O)[C@H]3[C@H](OC(=O)CCCCC3SCC4NC(=O)NC43)[C@H]2CC1=O. The van der Waals surface area contributed by atoms with Crippen LogP contribution in [0.2, 0.25) is 0 Å². The van der Waals surface area contributed by atoms with Crippen LogP contribution in [0.25, 0.3) is 5.76 Å². The van der Waals surface area contributed by atoms with Gasteiger partial charge >= 0.3 is 12.0 Å². The number of urea groups is 1. The van der Waals surface area contributed by atoms with E-state index in [4.69, 9.17) is 10.5 Å². The zero-order valence-electron chi connectivity index (χ0n) is 23.1. The Kier molecular flexibility index (Phi) is 7.19. The Morgan fingerprint density at radius 1 is 1.09 bits per heavy atom. The molecule has 1 aromatic carbocycles. The Hall–Kier alpha value is -4.37. The van der Waals surface area contributed by atoms with Crippen molar-refractivity contribution in [2.75, 3.05) is 5.75 Å². The Balaban J connectivity index is 1.29. The van der Waals surface area contributed by atoms with Gasteiger partial charge in [-0.1, -0.05) is 18.6 Å². The molecule has 0 spiro atoms. The van der Waals surface area contributed by atoms with E-state index in [1.807, 2.05) is 0 Å². The van der Waals surface area contributed by atoms with Gasteiger partial charge in [0.25, 0.3) is 5.91 Å². The largest absolute Gasteiger partial charge is 0.508 e. The number of Topliss-reactive ketones (excluding diaryl/α,β-unsaturated/α-hetero) is 3. The molecular weight excluding hydrogens is 598 g/mol. The van der Waals surface area contributed by atoms with E-state index < -0.39 is 93.2 Å². The molecule has 232 valence electrons. The van der Waals surface area contributed by atoms with E-state index in [-0.39, 0.29) is 35.3 Å². The number of hydrogen-bond acceptors (Lipinski definition) is 12. The summed E-state index contributed by atoms with van der Waals surface area (Å²) >= 11 is 1.72. The predicted octanol–water partition coefficient (Wildman–Crippen LogP) is 0.312. The van der Waals surface area contributed by atoms with Gasteiger partial charge in [0.15, 0.2) is 17.2 Å². The number of phenols is 1. The first kappa shape index (κ1) is 29.7. The van der Waals surface area contributed by atoms with E-state index in [0.29, 0.717) is 19.3 Å². The summed E-state index contributed by atoms with van der Waals surface area (Å²) in [5, 5.41) is 50.1. The average molecular weight is 628 g/mol. The van der Waals surface area contributed by atoms with Crippen molar-refractivity contribution in [1.82, 2.24) is 10.6 Å². The van der Waals surface area contributed by atoms with E-state index in [1.54, 1.807) is 11.8 Å². The highest BCUT2D eigenvalue weighted by Gasteiger charge is 2.67. The zero-order chi connectivity index (χ0) is 31.7. The second-order valence-electron chi connectivity index (χ2n) is 11.5. The lowest BCUT2D eigenvalue weighted by Crippen LogP contribution is -2.65.